The summed E-state index contributed by atoms with van der Waals surface area (Å²) in [4.78, 5) is 14.7. The molecular formula is C18H20ClN5. The molecule has 3 aromatic rings. The van der Waals surface area contributed by atoms with Gasteiger partial charge in [-0.3, -0.25) is 0 Å². The van der Waals surface area contributed by atoms with E-state index in [0.29, 0.717) is 5.92 Å². The van der Waals surface area contributed by atoms with Crippen molar-refractivity contribution in [2.45, 2.75) is 12.8 Å². The number of aromatic amines is 1. The van der Waals surface area contributed by atoms with Crippen LogP contribution >= 0.6 is 11.6 Å². The highest BCUT2D eigenvalue weighted by molar-refractivity contribution is 6.28. The molecule has 3 N–H and O–H groups in total. The molecule has 1 fully saturated rings. The monoisotopic (exact) mass is 341 g/mol. The van der Waals surface area contributed by atoms with E-state index in [4.69, 9.17) is 17.3 Å². The third kappa shape index (κ3) is 2.85. The van der Waals surface area contributed by atoms with Crippen LogP contribution in [0.25, 0.3) is 22.3 Å². The van der Waals surface area contributed by atoms with Crippen molar-refractivity contribution in [2.24, 2.45) is 11.7 Å². The van der Waals surface area contributed by atoms with Gasteiger partial charge in [0, 0.05) is 18.8 Å². The molecule has 0 saturated carbocycles. The third-order valence-electron chi connectivity index (χ3n) is 4.76. The van der Waals surface area contributed by atoms with Crippen molar-refractivity contribution >= 4 is 28.5 Å². The zero-order valence-corrected chi connectivity index (χ0v) is 14.1. The van der Waals surface area contributed by atoms with Crippen LogP contribution in [0.3, 0.4) is 0 Å². The number of H-pyrrole nitrogens is 1. The van der Waals surface area contributed by atoms with Gasteiger partial charge < -0.3 is 15.6 Å². The van der Waals surface area contributed by atoms with Crippen LogP contribution in [0.4, 0.5) is 5.82 Å². The molecule has 0 amide bonds. The van der Waals surface area contributed by atoms with Crippen molar-refractivity contribution in [1.82, 2.24) is 15.0 Å². The van der Waals surface area contributed by atoms with Crippen molar-refractivity contribution in [3.8, 4) is 11.3 Å². The topological polar surface area (TPSA) is 70.8 Å². The van der Waals surface area contributed by atoms with Gasteiger partial charge >= 0.3 is 0 Å². The molecular weight excluding hydrogens is 322 g/mol. The lowest BCUT2D eigenvalue weighted by Gasteiger charge is -2.32. The number of benzene rings is 1. The van der Waals surface area contributed by atoms with E-state index in [9.17, 15) is 0 Å². The first-order valence-electron chi connectivity index (χ1n) is 8.31. The minimum absolute atomic E-state index is 0.289. The minimum Gasteiger partial charge on any atom is -0.355 e. The van der Waals surface area contributed by atoms with E-state index in [1.54, 1.807) is 0 Å². The highest BCUT2D eigenvalue weighted by Gasteiger charge is 2.22. The largest absolute Gasteiger partial charge is 0.355 e. The van der Waals surface area contributed by atoms with Crippen LogP contribution in [-0.4, -0.2) is 34.6 Å². The number of hydrogen-bond donors (Lipinski definition) is 2. The summed E-state index contributed by atoms with van der Waals surface area (Å²) in [6.45, 7) is 2.66. The Hall–Kier alpha value is -2.11. The maximum absolute atomic E-state index is 6.17. The molecule has 0 atom stereocenters. The average Bonchev–Trinajstić information content (AvgIpc) is 3.06. The molecule has 2 aromatic heterocycles. The summed E-state index contributed by atoms with van der Waals surface area (Å²) in [5, 5.41) is 0.289. The van der Waals surface area contributed by atoms with Gasteiger partial charge in [0.05, 0.1) is 5.52 Å². The van der Waals surface area contributed by atoms with Gasteiger partial charge in [0.2, 0.25) is 5.28 Å². The van der Waals surface area contributed by atoms with E-state index in [2.05, 4.69) is 32.0 Å². The first-order chi connectivity index (χ1) is 11.7. The zero-order valence-electron chi connectivity index (χ0n) is 13.4. The molecule has 1 aliphatic rings. The van der Waals surface area contributed by atoms with Crippen molar-refractivity contribution < 1.29 is 0 Å². The Bertz CT molecular complexity index is 837. The van der Waals surface area contributed by atoms with Gasteiger partial charge in [-0.05, 0) is 48.5 Å². The molecule has 3 heterocycles. The number of anilines is 1. The van der Waals surface area contributed by atoms with Gasteiger partial charge in [-0.2, -0.15) is 4.98 Å². The zero-order chi connectivity index (χ0) is 16.5. The van der Waals surface area contributed by atoms with E-state index in [1.165, 1.54) is 0 Å². The summed E-state index contributed by atoms with van der Waals surface area (Å²) in [6.07, 6.45) is 2.18. The summed E-state index contributed by atoms with van der Waals surface area (Å²) >= 11 is 6.17. The van der Waals surface area contributed by atoms with Crippen LogP contribution in [-0.2, 0) is 0 Å². The number of hydrogen-bond acceptors (Lipinski definition) is 4. The maximum atomic E-state index is 6.17. The molecule has 0 spiro atoms. The van der Waals surface area contributed by atoms with E-state index < -0.39 is 0 Å². The molecule has 4 rings (SSSR count). The normalized spacial score (nSPS) is 16.0. The number of piperidine rings is 1. The van der Waals surface area contributed by atoms with Crippen molar-refractivity contribution in [1.29, 1.82) is 0 Å². The lowest BCUT2D eigenvalue weighted by atomic mass is 9.97. The van der Waals surface area contributed by atoms with E-state index in [-0.39, 0.29) is 5.28 Å². The molecule has 5 nitrogen and oxygen atoms in total. The second-order valence-electron chi connectivity index (χ2n) is 6.29. The Labute approximate surface area is 145 Å². The lowest BCUT2D eigenvalue weighted by molar-refractivity contribution is 0.413. The van der Waals surface area contributed by atoms with Gasteiger partial charge in [0.25, 0.3) is 0 Å². The molecule has 0 aliphatic carbocycles. The summed E-state index contributed by atoms with van der Waals surface area (Å²) in [5.74, 6) is 1.50. The number of rotatable bonds is 3. The smallest absolute Gasteiger partial charge is 0.225 e. The third-order valence-corrected chi connectivity index (χ3v) is 4.93. The number of halogens is 1. The number of nitrogens with one attached hydrogen (secondary N) is 1. The second-order valence-corrected chi connectivity index (χ2v) is 6.63. The maximum Gasteiger partial charge on any atom is 0.225 e. The van der Waals surface area contributed by atoms with Gasteiger partial charge in [-0.1, -0.05) is 30.3 Å². The Balaban J connectivity index is 1.74. The summed E-state index contributed by atoms with van der Waals surface area (Å²) < 4.78 is 0. The molecule has 1 saturated heterocycles. The fourth-order valence-electron chi connectivity index (χ4n) is 3.35. The number of nitrogens with zero attached hydrogens (tertiary/aromatic N) is 3. The SMILES string of the molecule is NCC1CCN(c2nc(Cl)nc3cc(-c4ccccc4)[nH]c23)CC1. The first-order valence-corrected chi connectivity index (χ1v) is 8.69. The summed E-state index contributed by atoms with van der Waals surface area (Å²) in [7, 11) is 0. The van der Waals surface area contributed by atoms with E-state index >= 15 is 0 Å². The average molecular weight is 342 g/mol. The van der Waals surface area contributed by atoms with Gasteiger partial charge in [0.1, 0.15) is 5.52 Å². The van der Waals surface area contributed by atoms with Crippen LogP contribution in [0.5, 0.6) is 0 Å². The molecule has 0 unspecified atom stereocenters. The molecule has 0 bridgehead atoms. The van der Waals surface area contributed by atoms with Crippen molar-refractivity contribution in [3.63, 3.8) is 0 Å². The van der Waals surface area contributed by atoms with Crippen LogP contribution in [0.15, 0.2) is 36.4 Å². The summed E-state index contributed by atoms with van der Waals surface area (Å²) in [5.41, 5.74) is 9.75. The second kappa shape index (κ2) is 6.42. The van der Waals surface area contributed by atoms with Crippen molar-refractivity contribution in [2.75, 3.05) is 24.5 Å². The molecule has 1 aliphatic heterocycles. The Morgan fingerprint density at radius 1 is 1.17 bits per heavy atom. The number of aromatic nitrogens is 3. The molecule has 24 heavy (non-hydrogen) atoms. The number of nitrogens with two attached hydrogens (primary N) is 1. The van der Waals surface area contributed by atoms with E-state index in [0.717, 1.165) is 60.6 Å². The molecule has 124 valence electrons. The van der Waals surface area contributed by atoms with Crippen LogP contribution in [0.1, 0.15) is 12.8 Å². The van der Waals surface area contributed by atoms with Crippen molar-refractivity contribution in [3.05, 3.63) is 41.7 Å². The fraction of sp³-hybridized carbons (Fsp3) is 0.333. The Morgan fingerprint density at radius 2 is 1.92 bits per heavy atom. The molecule has 1 aromatic carbocycles. The van der Waals surface area contributed by atoms with Gasteiger partial charge in [-0.15, -0.1) is 0 Å². The lowest BCUT2D eigenvalue weighted by Crippen LogP contribution is -2.36. The molecule has 6 heteroatoms. The van der Waals surface area contributed by atoms with Gasteiger partial charge in [-0.25, -0.2) is 4.98 Å². The first kappa shape index (κ1) is 15.4. The standard InChI is InChI=1S/C18H20ClN5/c19-18-22-15-10-14(13-4-2-1-3-5-13)21-16(15)17(23-18)24-8-6-12(11-20)7-9-24/h1-5,10,12,21H,6-9,11,20H2. The Kier molecular flexibility index (Phi) is 4.12. The van der Waals surface area contributed by atoms with E-state index in [1.807, 2.05) is 24.3 Å². The summed E-state index contributed by atoms with van der Waals surface area (Å²) in [6, 6.07) is 12.2. The minimum atomic E-state index is 0.289. The predicted octanol–water partition coefficient (Wildman–Crippen LogP) is 3.45. The highest BCUT2D eigenvalue weighted by atomic mass is 35.5. The predicted molar refractivity (Wildman–Crippen MR) is 98.3 cm³/mol. The molecule has 0 radical (unpaired) electrons. The Morgan fingerprint density at radius 3 is 2.62 bits per heavy atom. The van der Waals surface area contributed by atoms with Crippen LogP contribution < -0.4 is 10.6 Å². The number of fused-ring (bicyclic) bond motifs is 1. The fourth-order valence-corrected chi connectivity index (χ4v) is 3.52. The van der Waals surface area contributed by atoms with Crippen LogP contribution in [0, 0.1) is 5.92 Å². The van der Waals surface area contributed by atoms with Gasteiger partial charge in [0.15, 0.2) is 5.82 Å². The highest BCUT2D eigenvalue weighted by Crippen LogP contribution is 2.31. The van der Waals surface area contributed by atoms with Crippen LogP contribution in [0.2, 0.25) is 5.28 Å². The quantitative estimate of drug-likeness (QED) is 0.716.